The number of carboxylic acids is 1. The minimum Gasteiger partial charge on any atom is -0.478 e. The number of rotatable bonds is 3. The van der Waals surface area contributed by atoms with E-state index in [-0.39, 0.29) is 22.9 Å². The molecule has 0 spiro atoms. The molecule has 4 fully saturated rings. The molecule has 0 aromatic heterocycles. The lowest BCUT2D eigenvalue weighted by atomic mass is 9.43. The molecule has 0 aromatic carbocycles. The van der Waals surface area contributed by atoms with Gasteiger partial charge in [0.05, 0.1) is 11.7 Å². The van der Waals surface area contributed by atoms with Gasteiger partial charge in [0.2, 0.25) is 0 Å². The fourth-order valence-corrected chi connectivity index (χ4v) is 8.09. The molecular weight excluding hydrogens is 352 g/mol. The first-order chi connectivity index (χ1) is 13.2. The molecule has 2 unspecified atom stereocenters. The van der Waals surface area contributed by atoms with Crippen molar-refractivity contribution in [3.8, 4) is 0 Å². The summed E-state index contributed by atoms with van der Waals surface area (Å²) in [4.78, 5) is 11.6. The summed E-state index contributed by atoms with van der Waals surface area (Å²) in [5.74, 6) is 0.772. The fourth-order valence-electron chi connectivity index (χ4n) is 8.09. The summed E-state index contributed by atoms with van der Waals surface area (Å²) in [5, 5.41) is 31.8. The Balaban J connectivity index is 1.64. The predicted octanol–water partition coefficient (Wildman–Crippen LogP) is 4.54. The maximum absolute atomic E-state index is 12.1. The van der Waals surface area contributed by atoms with Crippen LogP contribution in [0.5, 0.6) is 0 Å². The summed E-state index contributed by atoms with van der Waals surface area (Å²) >= 11 is 0. The number of carboxylic acid groups (broad SMARTS) is 1. The van der Waals surface area contributed by atoms with Crippen LogP contribution in [0, 0.1) is 34.5 Å². The van der Waals surface area contributed by atoms with Crippen molar-refractivity contribution in [1.29, 1.82) is 0 Å². The average molecular weight is 391 g/mol. The van der Waals surface area contributed by atoms with Gasteiger partial charge < -0.3 is 15.3 Å². The Bertz CT molecular complexity index is 672. The van der Waals surface area contributed by atoms with E-state index < -0.39 is 11.6 Å². The minimum atomic E-state index is -0.816. The van der Waals surface area contributed by atoms with Crippen LogP contribution >= 0.6 is 0 Å². The van der Waals surface area contributed by atoms with Gasteiger partial charge in [-0.1, -0.05) is 26.8 Å². The number of aliphatic carboxylic acids is 1. The van der Waals surface area contributed by atoms with Crippen molar-refractivity contribution in [3.63, 3.8) is 0 Å². The highest BCUT2D eigenvalue weighted by atomic mass is 16.4. The number of aliphatic hydroxyl groups excluding tert-OH is 1. The Labute approximate surface area is 169 Å². The molecule has 3 N–H and O–H groups in total. The molecular formula is C24H38O4. The SMILES string of the molecule is CC/C(=C\[C@H]1CC[C@@]2(O)[C@@H]3CCC4CC(O)CC[C@]4(C)[C@H]3CC[C@]12C)C(=O)O. The second-order valence-electron chi connectivity index (χ2n) is 10.8. The lowest BCUT2D eigenvalue weighted by molar-refractivity contribution is -0.207. The van der Waals surface area contributed by atoms with Crippen LogP contribution in [0.25, 0.3) is 0 Å². The first kappa shape index (κ1) is 20.4. The molecule has 158 valence electrons. The van der Waals surface area contributed by atoms with Crippen molar-refractivity contribution < 1.29 is 20.1 Å². The van der Waals surface area contributed by atoms with Gasteiger partial charge in [-0.05, 0) is 93.3 Å². The molecule has 4 heteroatoms. The number of hydrogen-bond acceptors (Lipinski definition) is 3. The van der Waals surface area contributed by atoms with Crippen molar-refractivity contribution in [2.45, 2.75) is 96.7 Å². The largest absolute Gasteiger partial charge is 0.478 e. The standard InChI is InChI=1S/C24H38O4/c1-4-15(21(26)27)13-17-7-12-24(28)20-6-5-16-14-18(25)8-10-22(16,2)19(20)9-11-23(17,24)3/h13,16-20,25,28H,4-12,14H2,1-3H3,(H,26,27)/b15-13+/t16?,17-,18?,19+,20-,22+,23-,24-/m1/s1. The van der Waals surface area contributed by atoms with Gasteiger partial charge in [0.15, 0.2) is 0 Å². The van der Waals surface area contributed by atoms with Gasteiger partial charge in [0.25, 0.3) is 0 Å². The van der Waals surface area contributed by atoms with Crippen molar-refractivity contribution in [1.82, 2.24) is 0 Å². The van der Waals surface area contributed by atoms with E-state index in [1.807, 2.05) is 13.0 Å². The van der Waals surface area contributed by atoms with E-state index in [2.05, 4.69) is 13.8 Å². The monoisotopic (exact) mass is 390 g/mol. The molecule has 28 heavy (non-hydrogen) atoms. The first-order valence-electron chi connectivity index (χ1n) is 11.5. The van der Waals surface area contributed by atoms with Crippen molar-refractivity contribution in [2.75, 3.05) is 0 Å². The van der Waals surface area contributed by atoms with Crippen molar-refractivity contribution >= 4 is 5.97 Å². The minimum absolute atomic E-state index is 0.143. The fraction of sp³-hybridized carbons (Fsp3) is 0.875. The number of aliphatic hydroxyl groups is 2. The van der Waals surface area contributed by atoms with E-state index in [1.165, 1.54) is 0 Å². The third-order valence-electron chi connectivity index (χ3n) is 9.95. The van der Waals surface area contributed by atoms with E-state index in [1.54, 1.807) is 0 Å². The van der Waals surface area contributed by atoms with E-state index in [0.29, 0.717) is 29.7 Å². The smallest absolute Gasteiger partial charge is 0.331 e. The molecule has 4 aliphatic rings. The van der Waals surface area contributed by atoms with Crippen LogP contribution < -0.4 is 0 Å². The van der Waals surface area contributed by atoms with Gasteiger partial charge >= 0.3 is 5.97 Å². The molecule has 0 aliphatic heterocycles. The molecule has 0 aromatic rings. The van der Waals surface area contributed by atoms with Crippen LogP contribution in [0.1, 0.15) is 85.0 Å². The Hall–Kier alpha value is -0.870. The maximum atomic E-state index is 12.1. The predicted molar refractivity (Wildman–Crippen MR) is 109 cm³/mol. The molecule has 4 aliphatic carbocycles. The molecule has 4 saturated carbocycles. The highest BCUT2D eigenvalue weighted by Crippen LogP contribution is 2.69. The molecule has 0 bridgehead atoms. The highest BCUT2D eigenvalue weighted by Gasteiger charge is 2.66. The van der Waals surface area contributed by atoms with Crippen LogP contribution in [-0.4, -0.2) is 33.0 Å². The van der Waals surface area contributed by atoms with Crippen LogP contribution in [0.15, 0.2) is 11.6 Å². The van der Waals surface area contributed by atoms with Gasteiger partial charge in [-0.2, -0.15) is 0 Å². The van der Waals surface area contributed by atoms with E-state index in [0.717, 1.165) is 57.8 Å². The zero-order chi connectivity index (χ0) is 20.3. The summed E-state index contributed by atoms with van der Waals surface area (Å²) in [6.45, 7) is 6.56. The van der Waals surface area contributed by atoms with Crippen LogP contribution in [0.2, 0.25) is 0 Å². The summed E-state index contributed by atoms with van der Waals surface area (Å²) in [6, 6.07) is 0. The van der Waals surface area contributed by atoms with Gasteiger partial charge in [0.1, 0.15) is 0 Å². The summed E-state index contributed by atoms with van der Waals surface area (Å²) in [6.07, 6.45) is 11.2. The molecule has 0 heterocycles. The third kappa shape index (κ3) is 2.74. The zero-order valence-electron chi connectivity index (χ0n) is 17.8. The van der Waals surface area contributed by atoms with E-state index in [4.69, 9.17) is 0 Å². The van der Waals surface area contributed by atoms with Gasteiger partial charge in [-0.15, -0.1) is 0 Å². The normalized spacial score (nSPS) is 51.2. The van der Waals surface area contributed by atoms with Crippen molar-refractivity contribution in [3.05, 3.63) is 11.6 Å². The number of carbonyl (C=O) groups is 1. The lowest BCUT2D eigenvalue weighted by Gasteiger charge is -2.63. The summed E-state index contributed by atoms with van der Waals surface area (Å²) < 4.78 is 0. The molecule has 4 nitrogen and oxygen atoms in total. The van der Waals surface area contributed by atoms with Crippen LogP contribution in [-0.2, 0) is 4.79 Å². The highest BCUT2D eigenvalue weighted by molar-refractivity contribution is 5.86. The van der Waals surface area contributed by atoms with Gasteiger partial charge in [-0.25, -0.2) is 4.79 Å². The lowest BCUT2D eigenvalue weighted by Crippen LogP contribution is -2.62. The second kappa shape index (κ2) is 6.84. The van der Waals surface area contributed by atoms with Crippen LogP contribution in [0.3, 0.4) is 0 Å². The maximum Gasteiger partial charge on any atom is 0.331 e. The Morgan fingerprint density at radius 3 is 2.46 bits per heavy atom. The van der Waals surface area contributed by atoms with Gasteiger partial charge in [-0.3, -0.25) is 0 Å². The number of hydrogen-bond donors (Lipinski definition) is 3. The topological polar surface area (TPSA) is 77.8 Å². The Kier molecular flexibility index (Phi) is 4.98. The molecule has 8 atom stereocenters. The Morgan fingerprint density at radius 2 is 1.79 bits per heavy atom. The number of allylic oxidation sites excluding steroid dienone is 1. The molecule has 0 saturated heterocycles. The molecule has 0 amide bonds. The van der Waals surface area contributed by atoms with E-state index in [9.17, 15) is 20.1 Å². The molecule has 0 radical (unpaired) electrons. The first-order valence-corrected chi connectivity index (χ1v) is 11.5. The van der Waals surface area contributed by atoms with Crippen LogP contribution in [0.4, 0.5) is 0 Å². The quantitative estimate of drug-likeness (QED) is 0.618. The number of fused-ring (bicyclic) bond motifs is 5. The summed E-state index contributed by atoms with van der Waals surface area (Å²) in [7, 11) is 0. The third-order valence-corrected chi connectivity index (χ3v) is 9.95. The van der Waals surface area contributed by atoms with Gasteiger partial charge in [0, 0.05) is 11.0 Å². The van der Waals surface area contributed by atoms with E-state index >= 15 is 0 Å². The Morgan fingerprint density at radius 1 is 1.04 bits per heavy atom. The molecule has 4 rings (SSSR count). The second-order valence-corrected chi connectivity index (χ2v) is 10.8. The zero-order valence-corrected chi connectivity index (χ0v) is 17.8. The van der Waals surface area contributed by atoms with Crippen molar-refractivity contribution in [2.24, 2.45) is 34.5 Å². The average Bonchev–Trinajstić information content (AvgIpc) is 2.91. The summed E-state index contributed by atoms with van der Waals surface area (Å²) in [5.41, 5.74) is -0.169.